The van der Waals surface area contributed by atoms with E-state index in [0.29, 0.717) is 12.3 Å². The molecule has 2 atom stereocenters. The monoisotopic (exact) mass is 676 g/mol. The van der Waals surface area contributed by atoms with Crippen LogP contribution < -0.4 is 15.4 Å². The molecule has 0 spiro atoms. The fraction of sp³-hybridized carbons (Fsp3) is 0.385. The average Bonchev–Trinajstić information content (AvgIpc) is 3.18. The molecule has 0 unspecified atom stereocenters. The van der Waals surface area contributed by atoms with E-state index in [4.69, 9.17) is 4.42 Å². The number of hydrogen-bond donors (Lipinski definition) is 4. The number of aliphatic hydroxyl groups is 1. The van der Waals surface area contributed by atoms with Gasteiger partial charge in [-0.1, -0.05) is 26.0 Å². The molecule has 3 aromatic rings. The molecule has 0 saturated heterocycles. The minimum absolute atomic E-state index is 0.0385. The second-order valence-electron chi connectivity index (χ2n) is 9.52. The van der Waals surface area contributed by atoms with E-state index >= 15 is 0 Å². The number of sulfonamides is 1. The van der Waals surface area contributed by atoms with E-state index in [2.05, 4.69) is 42.9 Å². The number of carbonyl (C=O) groups excluding carboxylic acids is 1. The van der Waals surface area contributed by atoms with Crippen molar-refractivity contribution >= 4 is 44.5 Å². The lowest BCUT2D eigenvalue weighted by Crippen LogP contribution is -2.49. The number of anilines is 1. The van der Waals surface area contributed by atoms with Crippen LogP contribution in [0, 0.1) is 15.2 Å². The van der Waals surface area contributed by atoms with Crippen LogP contribution in [0.15, 0.2) is 46.9 Å². The number of oxazole rings is 1. The Morgan fingerprint density at radius 2 is 1.82 bits per heavy atom. The molecular weight excluding hydrogens is 645 g/mol. The van der Waals surface area contributed by atoms with Crippen LogP contribution in [-0.2, 0) is 34.2 Å². The van der Waals surface area contributed by atoms with Crippen LogP contribution in [0.4, 0.5) is 14.8 Å². The molecule has 3 rings (SSSR count). The van der Waals surface area contributed by atoms with Gasteiger partial charge in [0.05, 0.1) is 30.5 Å². The van der Waals surface area contributed by atoms with Gasteiger partial charge in [-0.15, -0.1) is 0 Å². The summed E-state index contributed by atoms with van der Waals surface area (Å²) < 4.78 is 59.5. The van der Waals surface area contributed by atoms with Crippen molar-refractivity contribution in [3.63, 3.8) is 0 Å². The first kappa shape index (κ1) is 30.9. The third kappa shape index (κ3) is 10.1. The molecule has 0 fully saturated rings. The van der Waals surface area contributed by atoms with Crippen molar-refractivity contribution in [1.82, 2.24) is 15.6 Å². The Balaban J connectivity index is 1.75. The Morgan fingerprint density at radius 3 is 2.44 bits per heavy atom. The van der Waals surface area contributed by atoms with Crippen LogP contribution in [0.2, 0.25) is 0 Å². The van der Waals surface area contributed by atoms with Gasteiger partial charge in [0.1, 0.15) is 17.4 Å². The van der Waals surface area contributed by atoms with Crippen molar-refractivity contribution in [2.45, 2.75) is 51.3 Å². The Bertz CT molecular complexity index is 1380. The van der Waals surface area contributed by atoms with Gasteiger partial charge in [-0.3, -0.25) is 4.79 Å². The number of carbonyl (C=O) groups is 1. The fourth-order valence-corrected chi connectivity index (χ4v) is 4.99. The summed E-state index contributed by atoms with van der Waals surface area (Å²) in [6.45, 7) is 4.17. The Labute approximate surface area is 240 Å². The molecule has 0 aliphatic carbocycles. The normalized spacial score (nSPS) is 13.3. The standard InChI is InChI=1S/C26H31F2IN4O5S/c1-15(2)25-22(32-26(38-25)33-39(3,36)37)12-24(35)31-21(10-17-7-18(27)11-19(28)8-17)23(34)14-30-13-16-5-4-6-20(29)9-16/h4-9,11,15,21,23,30,34H,10,12-14H2,1-3H3,(H,31,35)(H,32,33)/t21-,23+/m0/s1. The van der Waals surface area contributed by atoms with Crippen LogP contribution in [0.3, 0.4) is 0 Å². The zero-order valence-electron chi connectivity index (χ0n) is 21.7. The van der Waals surface area contributed by atoms with E-state index in [1.165, 1.54) is 0 Å². The van der Waals surface area contributed by atoms with E-state index in [-0.39, 0.29) is 42.6 Å². The van der Waals surface area contributed by atoms with Crippen molar-refractivity contribution < 1.29 is 31.5 Å². The Kier molecular flexibility index (Phi) is 10.8. The summed E-state index contributed by atoms with van der Waals surface area (Å²) in [5.74, 6) is -1.93. The maximum atomic E-state index is 13.8. The molecule has 2 aromatic carbocycles. The molecule has 0 saturated carbocycles. The predicted octanol–water partition coefficient (Wildman–Crippen LogP) is 3.47. The van der Waals surface area contributed by atoms with Crippen LogP contribution in [-0.4, -0.2) is 49.4 Å². The molecule has 39 heavy (non-hydrogen) atoms. The van der Waals surface area contributed by atoms with Gasteiger partial charge in [0.25, 0.3) is 0 Å². The van der Waals surface area contributed by atoms with E-state index in [1.54, 1.807) is 13.8 Å². The average molecular weight is 677 g/mol. The molecule has 0 radical (unpaired) electrons. The van der Waals surface area contributed by atoms with Crippen molar-refractivity contribution in [3.8, 4) is 0 Å². The van der Waals surface area contributed by atoms with E-state index in [9.17, 15) is 27.1 Å². The first-order valence-electron chi connectivity index (χ1n) is 12.1. The molecule has 9 nitrogen and oxygen atoms in total. The van der Waals surface area contributed by atoms with Gasteiger partial charge < -0.3 is 20.2 Å². The van der Waals surface area contributed by atoms with Gasteiger partial charge in [-0.05, 0) is 64.4 Å². The van der Waals surface area contributed by atoms with E-state index in [0.717, 1.165) is 33.6 Å². The van der Waals surface area contributed by atoms with Crippen LogP contribution >= 0.6 is 22.6 Å². The maximum absolute atomic E-state index is 13.8. The molecule has 0 bridgehead atoms. The highest BCUT2D eigenvalue weighted by molar-refractivity contribution is 14.1. The third-order valence-corrected chi connectivity index (χ3v) is 6.83. The minimum Gasteiger partial charge on any atom is -0.427 e. The smallest absolute Gasteiger partial charge is 0.309 e. The number of hydrogen-bond acceptors (Lipinski definition) is 7. The second kappa shape index (κ2) is 13.6. The highest BCUT2D eigenvalue weighted by Crippen LogP contribution is 2.24. The number of aromatic nitrogens is 1. The molecule has 13 heteroatoms. The van der Waals surface area contributed by atoms with Crippen LogP contribution in [0.5, 0.6) is 0 Å². The highest BCUT2D eigenvalue weighted by atomic mass is 127. The SMILES string of the molecule is CC(C)c1oc(NS(C)(=O)=O)nc1CC(=O)N[C@@H](Cc1cc(F)cc(F)c1)[C@H](O)CNCc1cccc(I)c1. The third-order valence-electron chi connectivity index (χ3n) is 5.61. The lowest BCUT2D eigenvalue weighted by atomic mass is 10.00. The van der Waals surface area contributed by atoms with Gasteiger partial charge >= 0.3 is 6.01 Å². The number of nitrogens with one attached hydrogen (secondary N) is 3. The zero-order valence-corrected chi connectivity index (χ0v) is 24.6. The molecule has 1 amide bonds. The summed E-state index contributed by atoms with van der Waals surface area (Å²) >= 11 is 2.20. The molecule has 1 aromatic heterocycles. The Hall–Kier alpha value is -2.62. The summed E-state index contributed by atoms with van der Waals surface area (Å²) in [4.78, 5) is 17.2. The topological polar surface area (TPSA) is 134 Å². The summed E-state index contributed by atoms with van der Waals surface area (Å²) in [5, 5.41) is 16.8. The number of amides is 1. The first-order valence-corrected chi connectivity index (χ1v) is 15.1. The maximum Gasteiger partial charge on any atom is 0.309 e. The number of nitrogens with zero attached hydrogens (tertiary/aromatic N) is 1. The van der Waals surface area contributed by atoms with Crippen molar-refractivity contribution in [2.24, 2.45) is 0 Å². The molecule has 0 aliphatic rings. The molecule has 1 heterocycles. The Morgan fingerprint density at radius 1 is 1.13 bits per heavy atom. The fourth-order valence-electron chi connectivity index (χ4n) is 3.97. The lowest BCUT2D eigenvalue weighted by Gasteiger charge is -2.25. The van der Waals surface area contributed by atoms with Crippen molar-refractivity contribution in [2.75, 3.05) is 17.5 Å². The summed E-state index contributed by atoms with van der Waals surface area (Å²) in [5.41, 5.74) is 1.50. The quantitative estimate of drug-likeness (QED) is 0.204. The zero-order chi connectivity index (χ0) is 28.7. The van der Waals surface area contributed by atoms with Crippen LogP contribution in [0.25, 0.3) is 0 Å². The van der Waals surface area contributed by atoms with Gasteiger partial charge in [0, 0.05) is 28.6 Å². The number of rotatable bonds is 13. The predicted molar refractivity (Wildman–Crippen MR) is 152 cm³/mol. The molecular formula is C26H31F2IN4O5S. The number of halogens is 3. The summed E-state index contributed by atoms with van der Waals surface area (Å²) in [7, 11) is -3.65. The van der Waals surface area contributed by atoms with Crippen molar-refractivity contribution in [1.29, 1.82) is 0 Å². The van der Waals surface area contributed by atoms with E-state index in [1.807, 2.05) is 24.3 Å². The molecule has 212 valence electrons. The van der Waals surface area contributed by atoms with E-state index < -0.39 is 39.7 Å². The largest absolute Gasteiger partial charge is 0.427 e. The van der Waals surface area contributed by atoms with Gasteiger partial charge in [-0.25, -0.2) is 21.9 Å². The second-order valence-corrected chi connectivity index (χ2v) is 12.5. The minimum atomic E-state index is -3.65. The first-order chi connectivity index (χ1) is 18.3. The highest BCUT2D eigenvalue weighted by Gasteiger charge is 2.25. The van der Waals surface area contributed by atoms with Gasteiger partial charge in [-0.2, -0.15) is 4.98 Å². The van der Waals surface area contributed by atoms with Gasteiger partial charge in [0.15, 0.2) is 0 Å². The molecule has 0 aliphatic heterocycles. The van der Waals surface area contributed by atoms with Gasteiger partial charge in [0.2, 0.25) is 15.9 Å². The lowest BCUT2D eigenvalue weighted by molar-refractivity contribution is -0.122. The molecule has 4 N–H and O–H groups in total. The number of benzene rings is 2. The summed E-state index contributed by atoms with van der Waals surface area (Å²) in [6.07, 6.45) is -0.457. The number of aliphatic hydroxyl groups excluding tert-OH is 1. The summed E-state index contributed by atoms with van der Waals surface area (Å²) in [6, 6.07) is 9.69. The van der Waals surface area contributed by atoms with Crippen LogP contribution in [0.1, 0.15) is 42.3 Å². The van der Waals surface area contributed by atoms with Crippen molar-refractivity contribution in [3.05, 3.63) is 80.3 Å².